The van der Waals surface area contributed by atoms with Crippen LogP contribution in [0.25, 0.3) is 0 Å². The van der Waals surface area contributed by atoms with Crippen LogP contribution in [0.3, 0.4) is 0 Å². The molecule has 6 rings (SSSR count). The molecular formula is C18H20ClN5O. The van der Waals surface area contributed by atoms with Gasteiger partial charge in [-0.3, -0.25) is 4.79 Å². The molecule has 0 unspecified atom stereocenters. The SMILES string of the molecule is O=C(Nc1cccnc1Cl)C12C[C@@H]3C[C@@H](C1)CC(n1cncn1)(C3)C2. The van der Waals surface area contributed by atoms with E-state index in [1.54, 1.807) is 24.7 Å². The maximum Gasteiger partial charge on any atom is 0.230 e. The molecule has 4 fully saturated rings. The van der Waals surface area contributed by atoms with Crippen LogP contribution in [-0.4, -0.2) is 25.7 Å². The van der Waals surface area contributed by atoms with Crippen molar-refractivity contribution in [2.75, 3.05) is 5.32 Å². The maximum atomic E-state index is 13.3. The first-order chi connectivity index (χ1) is 12.1. The van der Waals surface area contributed by atoms with Crippen LogP contribution in [0, 0.1) is 17.3 Å². The number of pyridine rings is 1. The van der Waals surface area contributed by atoms with Gasteiger partial charge >= 0.3 is 0 Å². The van der Waals surface area contributed by atoms with Gasteiger partial charge in [0, 0.05) is 6.20 Å². The van der Waals surface area contributed by atoms with Crippen molar-refractivity contribution >= 4 is 23.2 Å². The molecule has 2 heterocycles. The summed E-state index contributed by atoms with van der Waals surface area (Å²) in [7, 11) is 0. The van der Waals surface area contributed by atoms with Gasteiger partial charge in [-0.2, -0.15) is 5.10 Å². The Morgan fingerprint density at radius 3 is 2.76 bits per heavy atom. The molecular weight excluding hydrogens is 338 g/mol. The minimum Gasteiger partial charge on any atom is -0.323 e. The van der Waals surface area contributed by atoms with E-state index in [1.807, 2.05) is 11.0 Å². The Labute approximate surface area is 151 Å². The molecule has 130 valence electrons. The van der Waals surface area contributed by atoms with Crippen molar-refractivity contribution in [2.45, 2.75) is 44.1 Å². The van der Waals surface area contributed by atoms with Crippen LogP contribution < -0.4 is 5.32 Å². The molecule has 4 saturated carbocycles. The number of rotatable bonds is 3. The third-order valence-corrected chi connectivity index (χ3v) is 6.73. The fourth-order valence-corrected chi connectivity index (χ4v) is 6.10. The fourth-order valence-electron chi connectivity index (χ4n) is 5.94. The minimum atomic E-state index is -0.338. The van der Waals surface area contributed by atoms with E-state index in [-0.39, 0.29) is 16.9 Å². The molecule has 0 radical (unpaired) electrons. The Morgan fingerprint density at radius 2 is 2.08 bits per heavy atom. The zero-order valence-corrected chi connectivity index (χ0v) is 14.6. The number of anilines is 1. The Kier molecular flexibility index (Phi) is 3.23. The summed E-state index contributed by atoms with van der Waals surface area (Å²) in [5.41, 5.74) is 0.200. The van der Waals surface area contributed by atoms with E-state index >= 15 is 0 Å². The number of hydrogen-bond acceptors (Lipinski definition) is 4. The van der Waals surface area contributed by atoms with Gasteiger partial charge in [-0.25, -0.2) is 14.6 Å². The smallest absolute Gasteiger partial charge is 0.230 e. The van der Waals surface area contributed by atoms with Crippen LogP contribution in [0.2, 0.25) is 5.15 Å². The standard InChI is InChI=1S/C18H20ClN5O/c19-15-14(2-1-3-21-15)23-16(25)17-5-12-4-13(6-17)8-18(7-12,9-17)24-11-20-10-22-24/h1-3,10-13H,4-9H2,(H,23,25)/t12-,13-,17?,18?/m0/s1. The summed E-state index contributed by atoms with van der Waals surface area (Å²) >= 11 is 6.14. The lowest BCUT2D eigenvalue weighted by Gasteiger charge is -2.60. The lowest BCUT2D eigenvalue weighted by molar-refractivity contribution is -0.150. The number of hydrogen-bond donors (Lipinski definition) is 1. The third-order valence-electron chi connectivity index (χ3n) is 6.42. The molecule has 25 heavy (non-hydrogen) atoms. The second-order valence-electron chi connectivity index (χ2n) is 8.10. The van der Waals surface area contributed by atoms with Crippen molar-refractivity contribution < 1.29 is 4.79 Å². The highest BCUT2D eigenvalue weighted by atomic mass is 35.5. The summed E-state index contributed by atoms with van der Waals surface area (Å²) in [6.45, 7) is 0. The van der Waals surface area contributed by atoms with Gasteiger partial charge in [0.25, 0.3) is 0 Å². The summed E-state index contributed by atoms with van der Waals surface area (Å²) in [4.78, 5) is 21.5. The van der Waals surface area contributed by atoms with Gasteiger partial charge in [0.1, 0.15) is 12.7 Å². The van der Waals surface area contributed by atoms with E-state index in [0.717, 1.165) is 32.1 Å². The maximum absolute atomic E-state index is 13.3. The highest BCUT2D eigenvalue weighted by molar-refractivity contribution is 6.32. The first-order valence-corrected chi connectivity index (χ1v) is 9.24. The zero-order chi connectivity index (χ0) is 17.1. The van der Waals surface area contributed by atoms with Crippen molar-refractivity contribution in [3.8, 4) is 0 Å². The molecule has 4 aliphatic carbocycles. The van der Waals surface area contributed by atoms with Crippen LogP contribution in [-0.2, 0) is 10.3 Å². The normalized spacial score (nSPS) is 35.7. The van der Waals surface area contributed by atoms with Gasteiger partial charge in [0.2, 0.25) is 5.91 Å². The minimum absolute atomic E-state index is 0.0589. The van der Waals surface area contributed by atoms with Gasteiger partial charge in [-0.1, -0.05) is 11.6 Å². The molecule has 4 bridgehead atoms. The predicted octanol–water partition coefficient (Wildman–Crippen LogP) is 3.26. The third kappa shape index (κ3) is 2.30. The first kappa shape index (κ1) is 15.3. The molecule has 2 aromatic rings. The van der Waals surface area contributed by atoms with Crippen molar-refractivity contribution in [3.63, 3.8) is 0 Å². The quantitative estimate of drug-likeness (QED) is 0.856. The van der Waals surface area contributed by atoms with Crippen LogP contribution >= 0.6 is 11.6 Å². The molecule has 4 aliphatic rings. The molecule has 2 atom stereocenters. The number of carbonyl (C=O) groups is 1. The predicted molar refractivity (Wildman–Crippen MR) is 93.0 cm³/mol. The van der Waals surface area contributed by atoms with Gasteiger partial charge in [-0.05, 0) is 62.5 Å². The Balaban J connectivity index is 1.49. The molecule has 2 aromatic heterocycles. The van der Waals surface area contributed by atoms with E-state index in [2.05, 4.69) is 20.4 Å². The summed E-state index contributed by atoms with van der Waals surface area (Å²) in [6, 6.07) is 3.60. The summed E-state index contributed by atoms with van der Waals surface area (Å²) in [5.74, 6) is 1.25. The molecule has 1 N–H and O–H groups in total. The van der Waals surface area contributed by atoms with Crippen LogP contribution in [0.4, 0.5) is 5.69 Å². The largest absolute Gasteiger partial charge is 0.323 e. The van der Waals surface area contributed by atoms with Gasteiger partial charge in [0.15, 0.2) is 5.15 Å². The van der Waals surface area contributed by atoms with Crippen LogP contribution in [0.1, 0.15) is 38.5 Å². The van der Waals surface area contributed by atoms with Crippen molar-refractivity contribution in [2.24, 2.45) is 17.3 Å². The number of carbonyl (C=O) groups excluding carboxylic acids is 1. The Hall–Kier alpha value is -1.95. The second-order valence-corrected chi connectivity index (χ2v) is 8.46. The van der Waals surface area contributed by atoms with Crippen molar-refractivity contribution in [1.29, 1.82) is 0 Å². The number of aromatic nitrogens is 4. The summed E-state index contributed by atoms with van der Waals surface area (Å²) in [6.07, 6.45) is 11.2. The van der Waals surface area contributed by atoms with E-state index in [4.69, 9.17) is 11.6 Å². The van der Waals surface area contributed by atoms with E-state index in [0.29, 0.717) is 22.7 Å². The fraction of sp³-hybridized carbons (Fsp3) is 0.556. The molecule has 0 spiro atoms. The summed E-state index contributed by atoms with van der Waals surface area (Å²) < 4.78 is 2.02. The summed E-state index contributed by atoms with van der Waals surface area (Å²) in [5, 5.41) is 7.83. The molecule has 7 heteroatoms. The van der Waals surface area contributed by atoms with Crippen molar-refractivity contribution in [1.82, 2.24) is 19.7 Å². The second kappa shape index (κ2) is 5.27. The van der Waals surface area contributed by atoms with Crippen LogP contribution in [0.5, 0.6) is 0 Å². The number of amides is 1. The number of nitrogens with one attached hydrogen (secondary N) is 1. The van der Waals surface area contributed by atoms with Gasteiger partial charge in [-0.15, -0.1) is 0 Å². The highest BCUT2D eigenvalue weighted by Crippen LogP contribution is 2.64. The van der Waals surface area contributed by atoms with Gasteiger partial charge < -0.3 is 5.32 Å². The molecule has 0 aromatic carbocycles. The zero-order valence-electron chi connectivity index (χ0n) is 13.9. The van der Waals surface area contributed by atoms with E-state index < -0.39 is 0 Å². The van der Waals surface area contributed by atoms with E-state index in [9.17, 15) is 4.79 Å². The van der Waals surface area contributed by atoms with Crippen LogP contribution in [0.15, 0.2) is 31.0 Å². The van der Waals surface area contributed by atoms with Crippen molar-refractivity contribution in [3.05, 3.63) is 36.1 Å². The van der Waals surface area contributed by atoms with E-state index in [1.165, 1.54) is 6.42 Å². The Morgan fingerprint density at radius 1 is 1.28 bits per heavy atom. The molecule has 0 saturated heterocycles. The Bertz CT molecular complexity index is 807. The molecule has 0 aliphatic heterocycles. The number of nitrogens with zero attached hydrogens (tertiary/aromatic N) is 4. The van der Waals surface area contributed by atoms with Gasteiger partial charge in [0.05, 0.1) is 16.6 Å². The topological polar surface area (TPSA) is 72.7 Å². The molecule has 1 amide bonds. The lowest BCUT2D eigenvalue weighted by atomic mass is 9.46. The number of halogens is 1. The highest BCUT2D eigenvalue weighted by Gasteiger charge is 2.61. The average Bonchev–Trinajstić information content (AvgIpc) is 3.11. The average molecular weight is 358 g/mol. The molecule has 6 nitrogen and oxygen atoms in total. The monoisotopic (exact) mass is 357 g/mol. The lowest BCUT2D eigenvalue weighted by Crippen LogP contribution is -2.60. The first-order valence-electron chi connectivity index (χ1n) is 8.86.